The van der Waals surface area contributed by atoms with Gasteiger partial charge in [0.05, 0.1) is 30.8 Å². The molecule has 1 amide bonds. The van der Waals surface area contributed by atoms with E-state index < -0.39 is 12.0 Å². The lowest BCUT2D eigenvalue weighted by molar-refractivity contribution is -0.136. The number of nitrogens with zero attached hydrogens (tertiary/aromatic N) is 2. The molecule has 0 radical (unpaired) electrons. The van der Waals surface area contributed by atoms with E-state index >= 15 is 0 Å². The number of aliphatic imine (C=N–C) groups is 1. The highest BCUT2D eigenvalue weighted by atomic mass is 32.2. The Morgan fingerprint density at radius 3 is 2.53 bits per heavy atom. The van der Waals surface area contributed by atoms with E-state index in [9.17, 15) is 9.59 Å². The number of nitrogens with one attached hydrogen (secondary N) is 1. The van der Waals surface area contributed by atoms with Gasteiger partial charge in [0.15, 0.2) is 5.17 Å². The van der Waals surface area contributed by atoms with Crippen LogP contribution in [-0.2, 0) is 14.3 Å². The molecule has 0 unspecified atom stereocenters. The van der Waals surface area contributed by atoms with E-state index in [1.54, 1.807) is 0 Å². The molecule has 0 aliphatic carbocycles. The number of ether oxygens (including phenoxy) is 1. The number of anilines is 1. The maximum absolute atomic E-state index is 12.9. The quantitative estimate of drug-likeness (QED) is 0.647. The molecule has 164 valence electrons. The minimum absolute atomic E-state index is 0.126. The summed E-state index contributed by atoms with van der Waals surface area (Å²) in [6.07, 6.45) is 0.162. The smallest absolute Gasteiger partial charge is 0.338 e. The highest BCUT2D eigenvalue weighted by Crippen LogP contribution is 2.44. The van der Waals surface area contributed by atoms with Crippen LogP contribution < -0.4 is 5.32 Å². The number of hydrogen-bond acceptors (Lipinski definition) is 6. The van der Waals surface area contributed by atoms with Crippen LogP contribution in [0.15, 0.2) is 75.9 Å². The first-order valence-electron chi connectivity index (χ1n) is 10.3. The predicted molar refractivity (Wildman–Crippen MR) is 128 cm³/mol. The number of hydrogen-bond donors (Lipinski definition) is 1. The van der Waals surface area contributed by atoms with E-state index in [1.165, 1.54) is 24.4 Å². The normalized spacial score (nSPS) is 17.5. The third-order valence-electron chi connectivity index (χ3n) is 5.65. The Morgan fingerprint density at radius 1 is 1.09 bits per heavy atom. The molecule has 0 saturated carbocycles. The predicted octanol–water partition coefficient (Wildman–Crippen LogP) is 5.08. The molecule has 6 nitrogen and oxygen atoms in total. The topological polar surface area (TPSA) is 71.0 Å². The van der Waals surface area contributed by atoms with Gasteiger partial charge in [0, 0.05) is 11.4 Å². The molecule has 0 spiro atoms. The molecule has 2 aromatic rings. The van der Waals surface area contributed by atoms with Crippen LogP contribution in [0.3, 0.4) is 0 Å². The fraction of sp³-hybridized carbons (Fsp3) is 0.240. The SMILES string of the molecule is COC(=O)C1=C(C)N=C2SC=C(CC(=O)Nc3ccc(C)c(C)c3)N2[C@H]1c1ccccc1. The summed E-state index contributed by atoms with van der Waals surface area (Å²) in [6.45, 7) is 5.87. The molecule has 0 bridgehead atoms. The van der Waals surface area contributed by atoms with Gasteiger partial charge in [-0.3, -0.25) is 4.79 Å². The summed E-state index contributed by atoms with van der Waals surface area (Å²) in [6, 6.07) is 15.2. The Bertz CT molecular complexity index is 1170. The number of aryl methyl sites for hydroxylation is 2. The van der Waals surface area contributed by atoms with Crippen LogP contribution in [-0.4, -0.2) is 29.1 Å². The monoisotopic (exact) mass is 447 g/mol. The lowest BCUT2D eigenvalue weighted by Crippen LogP contribution is -2.37. The Morgan fingerprint density at radius 2 is 1.84 bits per heavy atom. The van der Waals surface area contributed by atoms with E-state index in [0.717, 1.165) is 27.7 Å². The molecular weight excluding hydrogens is 422 g/mol. The maximum atomic E-state index is 12.9. The first-order valence-corrected chi connectivity index (χ1v) is 11.2. The third kappa shape index (κ3) is 4.21. The van der Waals surface area contributed by atoms with Gasteiger partial charge in [0.2, 0.25) is 5.91 Å². The van der Waals surface area contributed by atoms with Crippen LogP contribution >= 0.6 is 11.8 Å². The second-order valence-electron chi connectivity index (χ2n) is 7.82. The number of thioether (sulfide) groups is 1. The van der Waals surface area contributed by atoms with Crippen LogP contribution in [0.4, 0.5) is 5.69 Å². The van der Waals surface area contributed by atoms with Gasteiger partial charge in [-0.15, -0.1) is 0 Å². The first-order chi connectivity index (χ1) is 15.4. The van der Waals surface area contributed by atoms with Crippen molar-refractivity contribution in [2.45, 2.75) is 33.2 Å². The van der Waals surface area contributed by atoms with Crippen LogP contribution in [0.5, 0.6) is 0 Å². The largest absolute Gasteiger partial charge is 0.466 e. The Hall–Kier alpha value is -3.32. The zero-order chi connectivity index (χ0) is 22.8. The lowest BCUT2D eigenvalue weighted by atomic mass is 9.94. The van der Waals surface area contributed by atoms with Crippen molar-refractivity contribution in [1.29, 1.82) is 0 Å². The van der Waals surface area contributed by atoms with Crippen molar-refractivity contribution < 1.29 is 14.3 Å². The van der Waals surface area contributed by atoms with Gasteiger partial charge in [-0.05, 0) is 55.0 Å². The van der Waals surface area contributed by atoms with Gasteiger partial charge in [-0.2, -0.15) is 0 Å². The minimum Gasteiger partial charge on any atom is -0.466 e. The number of carbonyl (C=O) groups excluding carboxylic acids is 2. The minimum atomic E-state index is -0.421. The molecule has 4 rings (SSSR count). The van der Waals surface area contributed by atoms with Crippen molar-refractivity contribution >= 4 is 34.5 Å². The molecule has 2 aliphatic rings. The summed E-state index contributed by atoms with van der Waals surface area (Å²) in [4.78, 5) is 32.2. The van der Waals surface area contributed by atoms with E-state index in [-0.39, 0.29) is 12.3 Å². The van der Waals surface area contributed by atoms with E-state index in [2.05, 4.69) is 10.3 Å². The van der Waals surface area contributed by atoms with Crippen LogP contribution in [0, 0.1) is 13.8 Å². The highest BCUT2D eigenvalue weighted by molar-refractivity contribution is 8.16. The molecule has 0 aromatic heterocycles. The van der Waals surface area contributed by atoms with Crippen LogP contribution in [0.2, 0.25) is 0 Å². The second kappa shape index (κ2) is 9.04. The molecule has 32 heavy (non-hydrogen) atoms. The highest BCUT2D eigenvalue weighted by Gasteiger charge is 2.40. The standard InChI is InChI=1S/C25H25N3O3S/c1-15-10-11-19(12-16(15)2)27-21(29)13-20-14-32-25-26-17(3)22(24(30)31-4)23(28(20)25)18-8-6-5-7-9-18/h5-12,14,23H,13H2,1-4H3,(H,27,29)/t23-/m0/s1. The number of methoxy groups -OCH3 is 1. The molecule has 0 fully saturated rings. The number of benzene rings is 2. The Kier molecular flexibility index (Phi) is 6.19. The molecule has 7 heteroatoms. The van der Waals surface area contributed by atoms with Crippen molar-refractivity contribution in [2.75, 3.05) is 12.4 Å². The van der Waals surface area contributed by atoms with E-state index in [0.29, 0.717) is 11.3 Å². The lowest BCUT2D eigenvalue weighted by Gasteiger charge is -2.36. The molecule has 1 N–H and O–H groups in total. The maximum Gasteiger partial charge on any atom is 0.338 e. The third-order valence-corrected chi connectivity index (χ3v) is 6.54. The van der Waals surface area contributed by atoms with Crippen molar-refractivity contribution in [2.24, 2.45) is 4.99 Å². The molecule has 1 atom stereocenters. The summed E-state index contributed by atoms with van der Waals surface area (Å²) in [5, 5.41) is 5.66. The van der Waals surface area contributed by atoms with Crippen molar-refractivity contribution in [3.05, 3.63) is 87.6 Å². The van der Waals surface area contributed by atoms with Crippen LogP contribution in [0.25, 0.3) is 0 Å². The summed E-state index contributed by atoms with van der Waals surface area (Å²) in [7, 11) is 1.37. The Labute approximate surface area is 192 Å². The summed E-state index contributed by atoms with van der Waals surface area (Å²) in [5.41, 5.74) is 5.89. The van der Waals surface area contributed by atoms with Crippen LogP contribution in [0.1, 0.15) is 36.1 Å². The fourth-order valence-electron chi connectivity index (χ4n) is 3.88. The summed E-state index contributed by atoms with van der Waals surface area (Å²) >= 11 is 1.46. The molecular formula is C25H25N3O3S. The Balaban J connectivity index is 1.63. The van der Waals surface area contributed by atoms with Crippen molar-refractivity contribution in [3.63, 3.8) is 0 Å². The van der Waals surface area contributed by atoms with E-state index in [1.807, 2.05) is 79.6 Å². The number of rotatable bonds is 5. The van der Waals surface area contributed by atoms with Crippen molar-refractivity contribution in [3.8, 4) is 0 Å². The number of amidine groups is 1. The molecule has 2 aromatic carbocycles. The number of esters is 1. The first kappa shape index (κ1) is 21.9. The summed E-state index contributed by atoms with van der Waals surface area (Å²) in [5.74, 6) is -0.547. The van der Waals surface area contributed by atoms with Gasteiger partial charge >= 0.3 is 5.97 Å². The summed E-state index contributed by atoms with van der Waals surface area (Å²) < 4.78 is 5.08. The average molecular weight is 448 g/mol. The van der Waals surface area contributed by atoms with Crippen molar-refractivity contribution in [1.82, 2.24) is 4.90 Å². The number of fused-ring (bicyclic) bond motifs is 1. The zero-order valence-corrected chi connectivity index (χ0v) is 19.3. The molecule has 0 saturated heterocycles. The van der Waals surface area contributed by atoms with Gasteiger partial charge in [-0.1, -0.05) is 48.2 Å². The molecule has 2 heterocycles. The van der Waals surface area contributed by atoms with Gasteiger partial charge in [0.1, 0.15) is 0 Å². The number of carbonyl (C=O) groups is 2. The molecule has 2 aliphatic heterocycles. The van der Waals surface area contributed by atoms with Gasteiger partial charge < -0.3 is 15.0 Å². The van der Waals surface area contributed by atoms with Gasteiger partial charge in [-0.25, -0.2) is 9.79 Å². The van der Waals surface area contributed by atoms with E-state index in [4.69, 9.17) is 4.74 Å². The number of allylic oxidation sites excluding steroid dienone is 1. The zero-order valence-electron chi connectivity index (χ0n) is 18.5. The average Bonchev–Trinajstić information content (AvgIpc) is 3.17. The second-order valence-corrected chi connectivity index (χ2v) is 8.66. The number of amides is 1. The fourth-order valence-corrected chi connectivity index (χ4v) is 4.84. The van der Waals surface area contributed by atoms with Gasteiger partial charge in [0.25, 0.3) is 0 Å².